The molecular weight excluding hydrogens is 276 g/mol. The number of nitrogens with two attached hydrogens (primary N) is 1. The van der Waals surface area contributed by atoms with Gasteiger partial charge in [0.05, 0.1) is 6.04 Å². The van der Waals surface area contributed by atoms with Gasteiger partial charge in [-0.25, -0.2) is 14.8 Å². The molecule has 1 atom stereocenters. The molecule has 0 aliphatic carbocycles. The van der Waals surface area contributed by atoms with Gasteiger partial charge in [-0.15, -0.1) is 0 Å². The number of carbonyl (C=O) groups excluding carboxylic acids is 1. The second-order valence-corrected chi connectivity index (χ2v) is 5.48. The van der Waals surface area contributed by atoms with Gasteiger partial charge in [0.1, 0.15) is 10.7 Å². The Bertz CT molecular complexity index is 577. The first-order chi connectivity index (χ1) is 9.54. The molecule has 3 N–H and O–H groups in total. The molecule has 106 valence electrons. The van der Waals surface area contributed by atoms with Crippen LogP contribution in [0.4, 0.5) is 10.7 Å². The maximum Gasteiger partial charge on any atom is 0.317 e. The zero-order valence-electron chi connectivity index (χ0n) is 11.2. The fourth-order valence-corrected chi connectivity index (χ4v) is 2.71. The van der Waals surface area contributed by atoms with Gasteiger partial charge in [-0.3, -0.25) is 0 Å². The predicted octanol–water partition coefficient (Wildman–Crippen LogP) is -0.367. The van der Waals surface area contributed by atoms with E-state index in [9.17, 15) is 4.79 Å². The second-order valence-electron chi connectivity index (χ2n) is 5.04. The van der Waals surface area contributed by atoms with E-state index in [0.29, 0.717) is 31.3 Å². The summed E-state index contributed by atoms with van der Waals surface area (Å²) >= 11 is 4.98. The highest BCUT2D eigenvalue weighted by atomic mass is 32.1. The van der Waals surface area contributed by atoms with Crippen molar-refractivity contribution in [3.8, 4) is 0 Å². The molecule has 0 aromatic carbocycles. The van der Waals surface area contributed by atoms with Crippen molar-refractivity contribution in [3.05, 3.63) is 17.5 Å². The number of nitrogens with one attached hydrogen (secondary N) is 1. The fourth-order valence-electron chi connectivity index (χ4n) is 2.61. The SMILES string of the molecule is Cc1cc(C(N)=S)nc(N2CCN3C(=O)NCC3C2)n1. The number of aryl methyl sites for hydroxylation is 1. The lowest BCUT2D eigenvalue weighted by Gasteiger charge is -2.36. The van der Waals surface area contributed by atoms with Crippen LogP contribution in [0.15, 0.2) is 6.07 Å². The van der Waals surface area contributed by atoms with Crippen molar-refractivity contribution in [3.63, 3.8) is 0 Å². The number of anilines is 1. The largest absolute Gasteiger partial charge is 0.388 e. The van der Waals surface area contributed by atoms with Gasteiger partial charge in [-0.2, -0.15) is 0 Å². The van der Waals surface area contributed by atoms with E-state index >= 15 is 0 Å². The molecule has 2 aliphatic rings. The number of amides is 2. The van der Waals surface area contributed by atoms with E-state index in [-0.39, 0.29) is 17.1 Å². The second kappa shape index (κ2) is 4.86. The maximum atomic E-state index is 11.6. The standard InChI is InChI=1S/C12H16N6OS/c1-7-4-9(10(13)20)16-11(15-7)17-2-3-18-8(6-17)5-14-12(18)19/h4,8H,2-3,5-6H2,1H3,(H2,13,20)(H,14,19). The summed E-state index contributed by atoms with van der Waals surface area (Å²) in [6.07, 6.45) is 0. The summed E-state index contributed by atoms with van der Waals surface area (Å²) in [5.74, 6) is 0.631. The van der Waals surface area contributed by atoms with E-state index < -0.39 is 0 Å². The predicted molar refractivity (Wildman–Crippen MR) is 78.8 cm³/mol. The van der Waals surface area contributed by atoms with Crippen LogP contribution in [-0.4, -0.2) is 58.1 Å². The summed E-state index contributed by atoms with van der Waals surface area (Å²) < 4.78 is 0. The summed E-state index contributed by atoms with van der Waals surface area (Å²) in [5.41, 5.74) is 7.07. The Balaban J connectivity index is 1.83. The molecule has 7 nitrogen and oxygen atoms in total. The van der Waals surface area contributed by atoms with Gasteiger partial charge in [-0.05, 0) is 13.0 Å². The summed E-state index contributed by atoms with van der Waals surface area (Å²) in [7, 11) is 0. The monoisotopic (exact) mass is 292 g/mol. The van der Waals surface area contributed by atoms with E-state index in [2.05, 4.69) is 20.2 Å². The smallest absolute Gasteiger partial charge is 0.317 e. The average molecular weight is 292 g/mol. The third-order valence-electron chi connectivity index (χ3n) is 3.61. The Kier molecular flexibility index (Phi) is 3.17. The van der Waals surface area contributed by atoms with Gasteiger partial charge >= 0.3 is 6.03 Å². The van der Waals surface area contributed by atoms with Gasteiger partial charge in [0.2, 0.25) is 5.95 Å². The summed E-state index contributed by atoms with van der Waals surface area (Å²) in [4.78, 5) is 24.7. The van der Waals surface area contributed by atoms with Crippen LogP contribution >= 0.6 is 12.2 Å². The zero-order chi connectivity index (χ0) is 14.3. The number of aromatic nitrogens is 2. The highest BCUT2D eigenvalue weighted by Gasteiger charge is 2.36. The summed E-state index contributed by atoms with van der Waals surface area (Å²) in [5, 5.41) is 2.85. The number of hydrogen-bond donors (Lipinski definition) is 2. The Labute approximate surface area is 122 Å². The lowest BCUT2D eigenvalue weighted by Crippen LogP contribution is -2.52. The Hall–Kier alpha value is -1.96. The van der Waals surface area contributed by atoms with Crippen LogP contribution < -0.4 is 16.0 Å². The van der Waals surface area contributed by atoms with Crippen molar-refractivity contribution in [1.29, 1.82) is 0 Å². The molecule has 2 aliphatic heterocycles. The molecule has 8 heteroatoms. The van der Waals surface area contributed by atoms with E-state index in [1.807, 2.05) is 11.8 Å². The quantitative estimate of drug-likeness (QED) is 0.723. The van der Waals surface area contributed by atoms with Crippen LogP contribution in [0.1, 0.15) is 11.4 Å². The first kappa shape index (κ1) is 13.0. The number of urea groups is 1. The minimum Gasteiger partial charge on any atom is -0.388 e. The Morgan fingerprint density at radius 3 is 3.05 bits per heavy atom. The lowest BCUT2D eigenvalue weighted by molar-refractivity contribution is 0.197. The van der Waals surface area contributed by atoms with Crippen LogP contribution in [0.25, 0.3) is 0 Å². The van der Waals surface area contributed by atoms with Gasteiger partial charge < -0.3 is 20.9 Å². The normalized spacial score (nSPS) is 21.6. The van der Waals surface area contributed by atoms with Crippen LogP contribution in [0.3, 0.4) is 0 Å². The van der Waals surface area contributed by atoms with Crippen LogP contribution in [0.2, 0.25) is 0 Å². The van der Waals surface area contributed by atoms with Crippen LogP contribution in [-0.2, 0) is 0 Å². The van der Waals surface area contributed by atoms with E-state index in [0.717, 1.165) is 12.2 Å². The molecule has 2 saturated heterocycles. The zero-order valence-corrected chi connectivity index (χ0v) is 12.0. The lowest BCUT2D eigenvalue weighted by atomic mass is 10.2. The van der Waals surface area contributed by atoms with Crippen LogP contribution in [0.5, 0.6) is 0 Å². The number of nitrogens with zero attached hydrogens (tertiary/aromatic N) is 4. The maximum absolute atomic E-state index is 11.6. The minimum absolute atomic E-state index is 0.0173. The first-order valence-electron chi connectivity index (χ1n) is 6.49. The number of fused-ring (bicyclic) bond motifs is 1. The number of rotatable bonds is 2. The summed E-state index contributed by atoms with van der Waals surface area (Å²) in [6, 6.07) is 1.97. The van der Waals surface area contributed by atoms with E-state index in [1.165, 1.54) is 0 Å². The molecular formula is C12H16N6OS. The molecule has 1 aromatic rings. The van der Waals surface area contributed by atoms with Gasteiger partial charge in [0, 0.05) is 31.9 Å². The van der Waals surface area contributed by atoms with E-state index in [4.69, 9.17) is 18.0 Å². The molecule has 0 radical (unpaired) electrons. The molecule has 0 saturated carbocycles. The van der Waals surface area contributed by atoms with Crippen molar-refractivity contribution in [2.24, 2.45) is 5.73 Å². The molecule has 1 unspecified atom stereocenters. The highest BCUT2D eigenvalue weighted by molar-refractivity contribution is 7.80. The topological polar surface area (TPSA) is 87.4 Å². The van der Waals surface area contributed by atoms with Crippen molar-refractivity contribution in [2.75, 3.05) is 31.1 Å². The number of hydrogen-bond acceptors (Lipinski definition) is 5. The molecule has 0 bridgehead atoms. The summed E-state index contributed by atoms with van der Waals surface area (Å²) in [6.45, 7) is 4.67. The Morgan fingerprint density at radius 2 is 2.30 bits per heavy atom. The van der Waals surface area contributed by atoms with Gasteiger partial charge in [0.15, 0.2) is 0 Å². The molecule has 2 fully saturated rings. The number of carbonyl (C=O) groups is 1. The molecule has 3 heterocycles. The number of piperazine rings is 1. The molecule has 20 heavy (non-hydrogen) atoms. The third kappa shape index (κ3) is 2.26. The first-order valence-corrected chi connectivity index (χ1v) is 6.90. The number of thiocarbonyl (C=S) groups is 1. The Morgan fingerprint density at radius 1 is 1.50 bits per heavy atom. The molecule has 2 amide bonds. The van der Waals surface area contributed by atoms with Crippen LogP contribution in [0, 0.1) is 6.92 Å². The van der Waals surface area contributed by atoms with Crippen molar-refractivity contribution < 1.29 is 4.79 Å². The molecule has 0 spiro atoms. The minimum atomic E-state index is 0.0173. The van der Waals surface area contributed by atoms with E-state index in [1.54, 1.807) is 6.07 Å². The van der Waals surface area contributed by atoms with Crippen molar-refractivity contribution in [1.82, 2.24) is 20.2 Å². The molecule has 3 rings (SSSR count). The fraction of sp³-hybridized carbons (Fsp3) is 0.500. The van der Waals surface area contributed by atoms with Gasteiger partial charge in [0.25, 0.3) is 0 Å². The van der Waals surface area contributed by atoms with Gasteiger partial charge in [-0.1, -0.05) is 12.2 Å². The average Bonchev–Trinajstić information content (AvgIpc) is 2.79. The third-order valence-corrected chi connectivity index (χ3v) is 3.82. The van der Waals surface area contributed by atoms with Crippen molar-refractivity contribution >= 4 is 29.2 Å². The highest BCUT2D eigenvalue weighted by Crippen LogP contribution is 2.19. The van der Waals surface area contributed by atoms with Crippen molar-refractivity contribution in [2.45, 2.75) is 13.0 Å². The molecule has 1 aromatic heterocycles.